The summed E-state index contributed by atoms with van der Waals surface area (Å²) in [5.41, 5.74) is 0. The Balaban J connectivity index is 0.00000625. The van der Waals surface area contributed by atoms with Gasteiger partial charge in [-0.1, -0.05) is 13.8 Å². The molecule has 1 aliphatic rings. The number of halogens is 1. The second kappa shape index (κ2) is 13.1. The molecule has 26 heavy (non-hydrogen) atoms. The van der Waals surface area contributed by atoms with Crippen LogP contribution in [-0.4, -0.2) is 70.1 Å². The summed E-state index contributed by atoms with van der Waals surface area (Å²) in [7, 11) is -2.92. The summed E-state index contributed by atoms with van der Waals surface area (Å²) in [6, 6.07) is 0.0799. The molecule has 0 saturated carbocycles. The van der Waals surface area contributed by atoms with Crippen LogP contribution < -0.4 is 10.6 Å². The first-order chi connectivity index (χ1) is 11.7. The molecule has 156 valence electrons. The fourth-order valence-corrected chi connectivity index (χ4v) is 4.26. The summed E-state index contributed by atoms with van der Waals surface area (Å²) in [6.45, 7) is 13.8. The smallest absolute Gasteiger partial charge is 0.191 e. The summed E-state index contributed by atoms with van der Waals surface area (Å²) in [4.78, 5) is 7.20. The topological polar surface area (TPSA) is 73.8 Å². The van der Waals surface area contributed by atoms with Crippen LogP contribution in [0.4, 0.5) is 0 Å². The predicted octanol–water partition coefficient (Wildman–Crippen LogP) is 2.35. The number of nitrogens with one attached hydrogen (secondary N) is 2. The van der Waals surface area contributed by atoms with Crippen LogP contribution in [0.3, 0.4) is 0 Å². The molecule has 1 aliphatic heterocycles. The third-order valence-electron chi connectivity index (χ3n) is 4.50. The Morgan fingerprint density at radius 1 is 1.27 bits per heavy atom. The van der Waals surface area contributed by atoms with E-state index < -0.39 is 9.84 Å². The molecular weight excluding hydrogens is 463 g/mol. The van der Waals surface area contributed by atoms with Crippen molar-refractivity contribution in [1.82, 2.24) is 15.5 Å². The summed E-state index contributed by atoms with van der Waals surface area (Å²) in [5, 5.41) is 6.54. The minimum Gasteiger partial charge on any atom is -0.357 e. The molecule has 8 heteroatoms. The molecule has 0 radical (unpaired) electrons. The van der Waals surface area contributed by atoms with Crippen molar-refractivity contribution in [3.05, 3.63) is 0 Å². The van der Waals surface area contributed by atoms with Crippen molar-refractivity contribution in [2.45, 2.75) is 53.0 Å². The van der Waals surface area contributed by atoms with Crippen LogP contribution in [0.15, 0.2) is 4.99 Å². The van der Waals surface area contributed by atoms with Crippen LogP contribution in [-0.2, 0) is 9.84 Å². The molecule has 1 rings (SSSR count). The van der Waals surface area contributed by atoms with E-state index in [0.29, 0.717) is 6.42 Å². The number of nitrogens with zero attached hydrogens (tertiary/aromatic N) is 2. The van der Waals surface area contributed by atoms with Crippen LogP contribution in [0.5, 0.6) is 0 Å². The lowest BCUT2D eigenvalue weighted by Crippen LogP contribution is -2.43. The third-order valence-corrected chi connectivity index (χ3v) is 5.47. The van der Waals surface area contributed by atoms with Crippen molar-refractivity contribution in [3.8, 4) is 0 Å². The molecule has 0 bridgehead atoms. The average Bonchev–Trinajstić information content (AvgIpc) is 2.48. The molecule has 1 saturated heterocycles. The number of sulfone groups is 1. The Bertz CT molecular complexity index is 503. The number of hydrogen-bond donors (Lipinski definition) is 2. The molecule has 6 nitrogen and oxygen atoms in total. The van der Waals surface area contributed by atoms with Gasteiger partial charge in [0.05, 0.1) is 5.75 Å². The number of rotatable bonds is 9. The summed E-state index contributed by atoms with van der Waals surface area (Å²) in [5.74, 6) is 2.57. The number of guanidine groups is 1. The largest absolute Gasteiger partial charge is 0.357 e. The maximum Gasteiger partial charge on any atom is 0.191 e. The van der Waals surface area contributed by atoms with Gasteiger partial charge in [-0.15, -0.1) is 24.0 Å². The van der Waals surface area contributed by atoms with Gasteiger partial charge in [-0.3, -0.25) is 4.99 Å². The quantitative estimate of drug-likeness (QED) is 0.219. The molecule has 0 spiro atoms. The molecule has 3 atom stereocenters. The first-order valence-electron chi connectivity index (χ1n) is 9.64. The van der Waals surface area contributed by atoms with Gasteiger partial charge in [-0.05, 0) is 51.5 Å². The zero-order valence-corrected chi connectivity index (χ0v) is 20.3. The fourth-order valence-electron chi connectivity index (χ4n) is 3.48. The lowest BCUT2D eigenvalue weighted by Gasteiger charge is -2.34. The highest BCUT2D eigenvalue weighted by atomic mass is 127. The van der Waals surface area contributed by atoms with Crippen LogP contribution in [0.1, 0.15) is 47.0 Å². The van der Waals surface area contributed by atoms with Gasteiger partial charge in [0.1, 0.15) is 9.84 Å². The first kappa shape index (κ1) is 25.9. The normalized spacial score (nSPS) is 23.2. The van der Waals surface area contributed by atoms with Gasteiger partial charge in [-0.25, -0.2) is 8.42 Å². The van der Waals surface area contributed by atoms with Crippen molar-refractivity contribution in [2.75, 3.05) is 44.7 Å². The standard InChI is InChI=1S/C18H38N4O2S.HI/c1-6-19-18(21-17(4)8-11-25(5,23)24)20-9-7-10-22-13-15(2)12-16(3)14-22;/h15-17H,6-14H2,1-5H3,(H2,19,20,21);1H. The van der Waals surface area contributed by atoms with E-state index in [1.165, 1.54) is 25.8 Å². The summed E-state index contributed by atoms with van der Waals surface area (Å²) >= 11 is 0. The molecule has 3 unspecified atom stereocenters. The molecule has 2 N–H and O–H groups in total. The van der Waals surface area contributed by atoms with Gasteiger partial charge in [0.25, 0.3) is 0 Å². The van der Waals surface area contributed by atoms with E-state index in [9.17, 15) is 8.42 Å². The first-order valence-corrected chi connectivity index (χ1v) is 11.7. The van der Waals surface area contributed by atoms with Crippen molar-refractivity contribution in [2.24, 2.45) is 16.8 Å². The predicted molar refractivity (Wildman–Crippen MR) is 122 cm³/mol. The molecule has 1 heterocycles. The van der Waals surface area contributed by atoms with Crippen molar-refractivity contribution < 1.29 is 8.42 Å². The Morgan fingerprint density at radius 3 is 2.42 bits per heavy atom. The zero-order valence-electron chi connectivity index (χ0n) is 17.1. The zero-order chi connectivity index (χ0) is 18.9. The molecule has 0 amide bonds. The van der Waals surface area contributed by atoms with Gasteiger partial charge in [0.2, 0.25) is 0 Å². The van der Waals surface area contributed by atoms with E-state index in [-0.39, 0.29) is 35.8 Å². The highest BCUT2D eigenvalue weighted by molar-refractivity contribution is 14.0. The Hall–Kier alpha value is -0.0900. The highest BCUT2D eigenvalue weighted by Crippen LogP contribution is 2.20. The van der Waals surface area contributed by atoms with Crippen molar-refractivity contribution >= 4 is 39.8 Å². The SMILES string of the molecule is CCNC(=NCCCN1CC(C)CC(C)C1)NC(C)CCS(C)(=O)=O.I. The van der Waals surface area contributed by atoms with E-state index in [2.05, 4.69) is 34.4 Å². The van der Waals surface area contributed by atoms with Crippen LogP contribution in [0.25, 0.3) is 0 Å². The molecule has 0 aromatic rings. The Kier molecular flexibility index (Phi) is 13.1. The second-order valence-corrected chi connectivity index (χ2v) is 10.0. The Labute approximate surface area is 177 Å². The summed E-state index contributed by atoms with van der Waals surface area (Å²) in [6.07, 6.45) is 4.26. The number of hydrogen-bond acceptors (Lipinski definition) is 4. The molecule has 0 aromatic carbocycles. The fraction of sp³-hybridized carbons (Fsp3) is 0.944. The van der Waals surface area contributed by atoms with Gasteiger partial charge in [0, 0.05) is 38.5 Å². The minimum absolute atomic E-state index is 0. The number of piperidine rings is 1. The van der Waals surface area contributed by atoms with Gasteiger partial charge < -0.3 is 15.5 Å². The van der Waals surface area contributed by atoms with Crippen LogP contribution in [0.2, 0.25) is 0 Å². The van der Waals surface area contributed by atoms with Gasteiger partial charge in [-0.2, -0.15) is 0 Å². The van der Waals surface area contributed by atoms with E-state index in [4.69, 9.17) is 0 Å². The number of likely N-dealkylation sites (tertiary alicyclic amines) is 1. The molecule has 0 aromatic heterocycles. The molecular formula is C18H39IN4O2S. The highest BCUT2D eigenvalue weighted by Gasteiger charge is 2.20. The maximum atomic E-state index is 11.3. The monoisotopic (exact) mass is 502 g/mol. The maximum absolute atomic E-state index is 11.3. The minimum atomic E-state index is -2.92. The van der Waals surface area contributed by atoms with Crippen molar-refractivity contribution in [1.29, 1.82) is 0 Å². The van der Waals surface area contributed by atoms with E-state index >= 15 is 0 Å². The molecule has 1 fully saturated rings. The lowest BCUT2D eigenvalue weighted by molar-refractivity contribution is 0.140. The second-order valence-electron chi connectivity index (χ2n) is 7.78. The van der Waals surface area contributed by atoms with Gasteiger partial charge >= 0.3 is 0 Å². The van der Waals surface area contributed by atoms with Crippen molar-refractivity contribution in [3.63, 3.8) is 0 Å². The average molecular weight is 503 g/mol. The van der Waals surface area contributed by atoms with Crippen LogP contribution in [0, 0.1) is 11.8 Å². The molecule has 0 aliphatic carbocycles. The third kappa shape index (κ3) is 12.3. The van der Waals surface area contributed by atoms with E-state index in [0.717, 1.165) is 43.9 Å². The Morgan fingerprint density at radius 2 is 1.88 bits per heavy atom. The lowest BCUT2D eigenvalue weighted by atomic mass is 9.92. The van der Waals surface area contributed by atoms with Crippen LogP contribution >= 0.6 is 24.0 Å². The van der Waals surface area contributed by atoms with E-state index in [1.54, 1.807) is 0 Å². The number of aliphatic imine (C=N–C) groups is 1. The van der Waals surface area contributed by atoms with Gasteiger partial charge in [0.15, 0.2) is 5.96 Å². The summed E-state index contributed by atoms with van der Waals surface area (Å²) < 4.78 is 22.6. The van der Waals surface area contributed by atoms with E-state index in [1.807, 2.05) is 13.8 Å².